The van der Waals surface area contributed by atoms with Crippen LogP contribution in [-0.2, 0) is 23.9 Å². The summed E-state index contributed by atoms with van der Waals surface area (Å²) in [6, 6.07) is 28.4. The van der Waals surface area contributed by atoms with Crippen LogP contribution in [0.25, 0.3) is 0 Å². The number of para-hydroxylation sites is 1. The van der Waals surface area contributed by atoms with E-state index in [1.54, 1.807) is 30.3 Å². The maximum atomic E-state index is 14.2. The van der Waals surface area contributed by atoms with E-state index in [-0.39, 0.29) is 40.8 Å². The Morgan fingerprint density at radius 3 is 1.72 bits per heavy atom. The van der Waals surface area contributed by atoms with E-state index in [4.69, 9.17) is 9.47 Å². The largest absolute Gasteiger partial charge is 0.462 e. The SMILES string of the molecule is CC(C)COC(=O)c1ccc(NC(=O)COC(=O)c2ccccc2N2C(=O)[C@H]3C4c5ccccc5C(c5ccccc54)[C@@H]3C2=O)cc1. The van der Waals surface area contributed by atoms with Crippen molar-refractivity contribution in [1.82, 2.24) is 0 Å². The molecule has 2 atom stereocenters. The van der Waals surface area contributed by atoms with Crippen LogP contribution >= 0.6 is 0 Å². The molecule has 0 saturated carbocycles. The normalized spacial score (nSPS) is 20.4. The van der Waals surface area contributed by atoms with Gasteiger partial charge in [-0.3, -0.25) is 14.4 Å². The average molecular weight is 629 g/mol. The molecule has 3 amide bonds. The second kappa shape index (κ2) is 12.0. The number of hydrogen-bond donors (Lipinski definition) is 1. The van der Waals surface area contributed by atoms with E-state index >= 15 is 0 Å². The summed E-state index contributed by atoms with van der Waals surface area (Å²) in [6.45, 7) is 3.58. The summed E-state index contributed by atoms with van der Waals surface area (Å²) in [5.74, 6) is -4.16. The topological polar surface area (TPSA) is 119 Å². The van der Waals surface area contributed by atoms with Gasteiger partial charge in [0.05, 0.1) is 35.3 Å². The highest BCUT2D eigenvalue weighted by Gasteiger charge is 2.62. The molecule has 4 aromatic rings. The number of imide groups is 1. The van der Waals surface area contributed by atoms with Crippen molar-refractivity contribution in [1.29, 1.82) is 0 Å². The molecule has 1 N–H and O–H groups in total. The Balaban J connectivity index is 1.07. The molecule has 9 nitrogen and oxygen atoms in total. The quantitative estimate of drug-likeness (QED) is 0.197. The van der Waals surface area contributed by atoms with Gasteiger partial charge in [-0.25, -0.2) is 14.5 Å². The van der Waals surface area contributed by atoms with Crippen molar-refractivity contribution < 1.29 is 33.4 Å². The van der Waals surface area contributed by atoms with Gasteiger partial charge < -0.3 is 14.8 Å². The zero-order valence-corrected chi connectivity index (χ0v) is 25.8. The van der Waals surface area contributed by atoms with Crippen LogP contribution < -0.4 is 10.2 Å². The summed E-state index contributed by atoms with van der Waals surface area (Å²) in [4.78, 5) is 67.7. The maximum Gasteiger partial charge on any atom is 0.340 e. The molecule has 1 fully saturated rings. The number of ether oxygens (including phenoxy) is 2. The van der Waals surface area contributed by atoms with Crippen LogP contribution in [0.1, 0.15) is 68.7 Å². The van der Waals surface area contributed by atoms with Gasteiger partial charge in [0.1, 0.15) is 0 Å². The van der Waals surface area contributed by atoms with Gasteiger partial charge in [-0.1, -0.05) is 74.5 Å². The lowest BCUT2D eigenvalue weighted by Crippen LogP contribution is -2.41. The van der Waals surface area contributed by atoms with Crippen LogP contribution in [0.4, 0.5) is 11.4 Å². The van der Waals surface area contributed by atoms with Crippen LogP contribution in [0.5, 0.6) is 0 Å². The Morgan fingerprint density at radius 2 is 1.19 bits per heavy atom. The molecule has 47 heavy (non-hydrogen) atoms. The number of carbonyl (C=O) groups excluding carboxylic acids is 5. The molecule has 0 radical (unpaired) electrons. The fraction of sp³-hybridized carbons (Fsp3) is 0.237. The molecular formula is C38H32N2O7. The molecule has 1 aliphatic heterocycles. The number of anilines is 2. The number of amides is 3. The Bertz CT molecular complexity index is 1820. The van der Waals surface area contributed by atoms with Crippen molar-refractivity contribution in [2.24, 2.45) is 17.8 Å². The van der Waals surface area contributed by atoms with Crippen LogP contribution in [0.3, 0.4) is 0 Å². The van der Waals surface area contributed by atoms with E-state index in [0.29, 0.717) is 17.9 Å². The van der Waals surface area contributed by atoms with Crippen molar-refractivity contribution >= 4 is 41.0 Å². The molecule has 4 aliphatic rings. The van der Waals surface area contributed by atoms with E-state index < -0.39 is 36.3 Å². The van der Waals surface area contributed by atoms with Gasteiger partial charge in [0.15, 0.2) is 6.61 Å². The molecule has 0 aromatic heterocycles. The van der Waals surface area contributed by atoms with Gasteiger partial charge in [-0.15, -0.1) is 0 Å². The molecule has 8 rings (SSSR count). The van der Waals surface area contributed by atoms with Gasteiger partial charge in [0, 0.05) is 17.5 Å². The number of nitrogens with one attached hydrogen (secondary N) is 1. The average Bonchev–Trinajstić information content (AvgIpc) is 3.36. The lowest BCUT2D eigenvalue weighted by molar-refractivity contribution is -0.122. The predicted molar refractivity (Wildman–Crippen MR) is 173 cm³/mol. The highest BCUT2D eigenvalue weighted by molar-refractivity contribution is 6.25. The minimum absolute atomic E-state index is 0.00675. The lowest BCUT2D eigenvalue weighted by Gasteiger charge is -2.45. The van der Waals surface area contributed by atoms with Crippen molar-refractivity contribution in [3.8, 4) is 0 Å². The first-order chi connectivity index (χ1) is 22.7. The minimum atomic E-state index is -0.844. The third kappa shape index (κ3) is 5.17. The second-order valence-electron chi connectivity index (χ2n) is 12.5. The molecule has 0 unspecified atom stereocenters. The summed E-state index contributed by atoms with van der Waals surface area (Å²) in [6.07, 6.45) is 0. The standard InChI is InChI=1S/C38H32N2O7/c1-21(2)19-46-37(44)22-15-17-23(18-16-22)39-30(41)20-47-38(45)28-13-7-8-14-29(28)40-35(42)33-31-24-9-3-4-10-25(24)32(34(33)36(40)43)27-12-6-5-11-26(27)31/h3-18,21,31-34H,19-20H2,1-2H3,(H,39,41)/t31?,32?,33-,34-/m0/s1. The van der Waals surface area contributed by atoms with Gasteiger partial charge >= 0.3 is 11.9 Å². The fourth-order valence-electron chi connectivity index (χ4n) is 7.18. The van der Waals surface area contributed by atoms with Crippen molar-refractivity contribution in [3.05, 3.63) is 130 Å². The van der Waals surface area contributed by atoms with Crippen LogP contribution in [0, 0.1) is 17.8 Å². The summed E-state index contributed by atoms with van der Waals surface area (Å²) in [5.41, 5.74) is 5.11. The Labute approximate surface area is 271 Å². The molecule has 2 bridgehead atoms. The maximum absolute atomic E-state index is 14.2. The molecule has 3 aliphatic carbocycles. The van der Waals surface area contributed by atoms with Crippen molar-refractivity contribution in [2.75, 3.05) is 23.4 Å². The number of carbonyl (C=O) groups is 5. The smallest absolute Gasteiger partial charge is 0.340 e. The van der Waals surface area contributed by atoms with E-state index in [9.17, 15) is 24.0 Å². The van der Waals surface area contributed by atoms with Crippen LogP contribution in [-0.4, -0.2) is 42.9 Å². The fourth-order valence-corrected chi connectivity index (χ4v) is 7.18. The highest BCUT2D eigenvalue weighted by atomic mass is 16.5. The van der Waals surface area contributed by atoms with Gasteiger partial charge in [-0.05, 0) is 64.6 Å². The number of hydrogen-bond acceptors (Lipinski definition) is 7. The minimum Gasteiger partial charge on any atom is -0.462 e. The number of esters is 2. The number of benzene rings is 4. The summed E-state index contributed by atoms with van der Waals surface area (Å²) in [7, 11) is 0. The summed E-state index contributed by atoms with van der Waals surface area (Å²) < 4.78 is 10.6. The molecule has 4 aromatic carbocycles. The summed E-state index contributed by atoms with van der Waals surface area (Å²) in [5, 5.41) is 2.63. The molecule has 236 valence electrons. The Kier molecular flexibility index (Phi) is 7.67. The highest BCUT2D eigenvalue weighted by Crippen LogP contribution is 2.61. The van der Waals surface area contributed by atoms with E-state index in [1.165, 1.54) is 18.2 Å². The first-order valence-electron chi connectivity index (χ1n) is 15.6. The van der Waals surface area contributed by atoms with E-state index in [2.05, 4.69) is 5.32 Å². The first kappa shape index (κ1) is 30.1. The van der Waals surface area contributed by atoms with Gasteiger partial charge in [0.25, 0.3) is 5.91 Å². The van der Waals surface area contributed by atoms with E-state index in [1.807, 2.05) is 62.4 Å². The third-order valence-electron chi connectivity index (χ3n) is 9.10. The van der Waals surface area contributed by atoms with Crippen LogP contribution in [0.2, 0.25) is 0 Å². The molecule has 1 heterocycles. The van der Waals surface area contributed by atoms with Crippen molar-refractivity contribution in [3.63, 3.8) is 0 Å². The first-order valence-corrected chi connectivity index (χ1v) is 15.6. The Hall–Kier alpha value is -5.57. The third-order valence-corrected chi connectivity index (χ3v) is 9.10. The van der Waals surface area contributed by atoms with Gasteiger partial charge in [0.2, 0.25) is 11.8 Å². The number of nitrogens with zero attached hydrogens (tertiary/aromatic N) is 1. The van der Waals surface area contributed by atoms with Gasteiger partial charge in [-0.2, -0.15) is 0 Å². The monoisotopic (exact) mass is 628 g/mol. The molecule has 1 saturated heterocycles. The van der Waals surface area contributed by atoms with E-state index in [0.717, 1.165) is 27.2 Å². The molecule has 0 spiro atoms. The predicted octanol–water partition coefficient (Wildman–Crippen LogP) is 5.69. The van der Waals surface area contributed by atoms with Crippen LogP contribution in [0.15, 0.2) is 97.1 Å². The zero-order chi connectivity index (χ0) is 32.8. The lowest BCUT2D eigenvalue weighted by atomic mass is 9.55. The number of rotatable bonds is 8. The second-order valence-corrected chi connectivity index (χ2v) is 12.5. The zero-order valence-electron chi connectivity index (χ0n) is 25.8. The molecular weight excluding hydrogens is 596 g/mol. The molecule has 9 heteroatoms. The van der Waals surface area contributed by atoms with Crippen molar-refractivity contribution in [2.45, 2.75) is 25.7 Å². The summed E-state index contributed by atoms with van der Waals surface area (Å²) >= 11 is 0. The Morgan fingerprint density at radius 1 is 0.681 bits per heavy atom.